The lowest BCUT2D eigenvalue weighted by molar-refractivity contribution is -0.0763. The quantitative estimate of drug-likeness (QED) is 0.378. The van der Waals surface area contributed by atoms with Gasteiger partial charge in [0, 0.05) is 5.41 Å². The second-order valence-electron chi connectivity index (χ2n) is 8.61. The van der Waals surface area contributed by atoms with E-state index in [9.17, 15) is 5.21 Å². The van der Waals surface area contributed by atoms with Crippen LogP contribution >= 0.6 is 0 Å². The van der Waals surface area contributed by atoms with Gasteiger partial charge in [-0.2, -0.15) is 0 Å². The predicted octanol–water partition coefficient (Wildman–Crippen LogP) is 5.03. The first-order valence-corrected chi connectivity index (χ1v) is 8.96. The van der Waals surface area contributed by atoms with Gasteiger partial charge in [-0.3, -0.25) is 0 Å². The molecular formula is C19H29NO. The molecule has 4 rings (SSSR count). The van der Waals surface area contributed by atoms with Crippen LogP contribution in [0.4, 0.5) is 0 Å². The van der Waals surface area contributed by atoms with Crippen LogP contribution in [0.15, 0.2) is 17.3 Å². The Hall–Kier alpha value is -0.790. The number of hydrogen-bond donors (Lipinski definition) is 1. The van der Waals surface area contributed by atoms with Crippen LogP contribution in [0.5, 0.6) is 0 Å². The Morgan fingerprint density at radius 3 is 2.76 bits per heavy atom. The third kappa shape index (κ3) is 1.74. The summed E-state index contributed by atoms with van der Waals surface area (Å²) in [6, 6.07) is 0. The lowest BCUT2D eigenvalue weighted by atomic mass is 9.46. The number of hydrogen-bond acceptors (Lipinski definition) is 2. The van der Waals surface area contributed by atoms with Gasteiger partial charge in [-0.1, -0.05) is 31.2 Å². The van der Waals surface area contributed by atoms with E-state index in [1.807, 2.05) is 0 Å². The molecule has 0 amide bonds. The van der Waals surface area contributed by atoms with Crippen LogP contribution in [0.1, 0.15) is 65.2 Å². The van der Waals surface area contributed by atoms with E-state index in [0.29, 0.717) is 5.41 Å². The average molecular weight is 287 g/mol. The number of oxime groups is 1. The topological polar surface area (TPSA) is 32.6 Å². The molecule has 2 nitrogen and oxygen atoms in total. The van der Waals surface area contributed by atoms with Crippen molar-refractivity contribution in [3.8, 4) is 0 Å². The van der Waals surface area contributed by atoms with E-state index in [-0.39, 0.29) is 5.41 Å². The molecule has 0 spiro atoms. The fourth-order valence-corrected chi connectivity index (χ4v) is 6.79. The molecule has 0 aliphatic heterocycles. The highest BCUT2D eigenvalue weighted by molar-refractivity contribution is 5.91. The summed E-state index contributed by atoms with van der Waals surface area (Å²) in [5.41, 5.74) is 1.84. The second-order valence-corrected chi connectivity index (χ2v) is 8.61. The fraction of sp³-hybridized carbons (Fsp3) is 0.842. The minimum Gasteiger partial charge on any atom is -0.411 e. The first-order valence-electron chi connectivity index (χ1n) is 8.96. The van der Waals surface area contributed by atoms with Crippen molar-refractivity contribution in [2.45, 2.75) is 65.2 Å². The van der Waals surface area contributed by atoms with Crippen molar-refractivity contribution in [2.24, 2.45) is 39.7 Å². The molecule has 1 N–H and O–H groups in total. The van der Waals surface area contributed by atoms with Crippen molar-refractivity contribution in [2.75, 3.05) is 0 Å². The Morgan fingerprint density at radius 1 is 1.10 bits per heavy atom. The van der Waals surface area contributed by atoms with Gasteiger partial charge >= 0.3 is 0 Å². The number of rotatable bonds is 0. The maximum atomic E-state index is 9.38. The summed E-state index contributed by atoms with van der Waals surface area (Å²) in [5, 5.41) is 13.1. The van der Waals surface area contributed by atoms with Crippen LogP contribution in [-0.4, -0.2) is 10.9 Å². The highest BCUT2D eigenvalue weighted by atomic mass is 16.4. The van der Waals surface area contributed by atoms with Crippen LogP contribution in [-0.2, 0) is 0 Å². The van der Waals surface area contributed by atoms with Crippen LogP contribution < -0.4 is 0 Å². The van der Waals surface area contributed by atoms with E-state index in [4.69, 9.17) is 0 Å². The molecule has 0 unspecified atom stereocenters. The SMILES string of the molecule is C[C@]12CC=CC[C@@H]1CC[C@@H]1[C@@H]2CC[C@]2(C)C(=NO)CC[C@@H]12. The summed E-state index contributed by atoms with van der Waals surface area (Å²) in [4.78, 5) is 0. The smallest absolute Gasteiger partial charge is 0.0632 e. The number of allylic oxidation sites excluding steroid dienone is 2. The van der Waals surface area contributed by atoms with E-state index >= 15 is 0 Å². The standard InChI is InChI=1S/C19H29NO/c1-18-11-4-3-5-13(18)6-7-14-15-8-9-17(20-21)19(15,2)12-10-16(14)18/h3-4,13-16,21H,5-12H2,1-2H3/t13-,14+,15+,16+,18+,19+/m1/s1. The zero-order valence-corrected chi connectivity index (χ0v) is 13.5. The Labute approximate surface area is 128 Å². The van der Waals surface area contributed by atoms with E-state index in [1.54, 1.807) is 0 Å². The molecule has 0 saturated heterocycles. The maximum Gasteiger partial charge on any atom is 0.0632 e. The molecule has 6 atom stereocenters. The molecule has 2 heteroatoms. The molecule has 0 aromatic carbocycles. The summed E-state index contributed by atoms with van der Waals surface area (Å²) < 4.78 is 0. The van der Waals surface area contributed by atoms with Crippen LogP contribution in [0.25, 0.3) is 0 Å². The first-order chi connectivity index (χ1) is 10.1. The van der Waals surface area contributed by atoms with Crippen LogP contribution in [0.2, 0.25) is 0 Å². The van der Waals surface area contributed by atoms with Crippen LogP contribution in [0.3, 0.4) is 0 Å². The summed E-state index contributed by atoms with van der Waals surface area (Å²) >= 11 is 0. The fourth-order valence-electron chi connectivity index (χ4n) is 6.79. The largest absolute Gasteiger partial charge is 0.411 e. The molecular weight excluding hydrogens is 258 g/mol. The summed E-state index contributed by atoms with van der Waals surface area (Å²) in [6.45, 7) is 4.96. The summed E-state index contributed by atoms with van der Waals surface area (Å²) in [7, 11) is 0. The van der Waals surface area contributed by atoms with Gasteiger partial charge in [-0.05, 0) is 80.5 Å². The lowest BCUT2D eigenvalue weighted by Gasteiger charge is -2.59. The van der Waals surface area contributed by atoms with Gasteiger partial charge in [0.1, 0.15) is 0 Å². The Bertz CT molecular complexity index is 496. The molecule has 0 bridgehead atoms. The monoisotopic (exact) mass is 287 g/mol. The lowest BCUT2D eigenvalue weighted by Crippen LogP contribution is -2.52. The van der Waals surface area contributed by atoms with Gasteiger partial charge in [0.25, 0.3) is 0 Å². The molecule has 3 fully saturated rings. The van der Waals surface area contributed by atoms with Gasteiger partial charge in [0.05, 0.1) is 5.71 Å². The Morgan fingerprint density at radius 2 is 1.95 bits per heavy atom. The van der Waals surface area contributed by atoms with Crippen molar-refractivity contribution in [1.82, 2.24) is 0 Å². The Kier molecular flexibility index (Phi) is 3.03. The molecule has 3 saturated carbocycles. The predicted molar refractivity (Wildman–Crippen MR) is 85.5 cm³/mol. The molecule has 4 aliphatic carbocycles. The zero-order valence-electron chi connectivity index (χ0n) is 13.5. The van der Waals surface area contributed by atoms with Crippen molar-refractivity contribution < 1.29 is 5.21 Å². The van der Waals surface area contributed by atoms with Crippen molar-refractivity contribution >= 4 is 5.71 Å². The average Bonchev–Trinajstić information content (AvgIpc) is 2.83. The third-order valence-electron chi connectivity index (χ3n) is 8.07. The normalized spacial score (nSPS) is 54.1. The van der Waals surface area contributed by atoms with E-state index in [0.717, 1.165) is 35.8 Å². The van der Waals surface area contributed by atoms with Gasteiger partial charge in [0.2, 0.25) is 0 Å². The van der Waals surface area contributed by atoms with E-state index in [2.05, 4.69) is 31.2 Å². The molecule has 21 heavy (non-hydrogen) atoms. The molecule has 4 aliphatic rings. The van der Waals surface area contributed by atoms with Crippen molar-refractivity contribution in [3.63, 3.8) is 0 Å². The third-order valence-corrected chi connectivity index (χ3v) is 8.07. The number of fused-ring (bicyclic) bond motifs is 5. The first kappa shape index (κ1) is 13.8. The summed E-state index contributed by atoms with van der Waals surface area (Å²) in [5.74, 6) is 3.46. The van der Waals surface area contributed by atoms with Gasteiger partial charge in [0.15, 0.2) is 0 Å². The van der Waals surface area contributed by atoms with Gasteiger partial charge in [-0.15, -0.1) is 0 Å². The molecule has 0 aromatic rings. The minimum atomic E-state index is 0.198. The highest BCUT2D eigenvalue weighted by Gasteiger charge is 2.58. The van der Waals surface area contributed by atoms with Crippen LogP contribution in [0, 0.1) is 34.5 Å². The highest BCUT2D eigenvalue weighted by Crippen LogP contribution is 2.64. The zero-order chi connectivity index (χ0) is 14.7. The van der Waals surface area contributed by atoms with Gasteiger partial charge < -0.3 is 5.21 Å². The molecule has 116 valence electrons. The molecule has 0 radical (unpaired) electrons. The van der Waals surface area contributed by atoms with E-state index < -0.39 is 0 Å². The maximum absolute atomic E-state index is 9.38. The molecule has 0 heterocycles. The Balaban J connectivity index is 1.67. The number of nitrogens with zero attached hydrogens (tertiary/aromatic N) is 1. The summed E-state index contributed by atoms with van der Waals surface area (Å²) in [6.07, 6.45) is 15.2. The second kappa shape index (κ2) is 4.60. The van der Waals surface area contributed by atoms with Crippen molar-refractivity contribution in [3.05, 3.63) is 12.2 Å². The minimum absolute atomic E-state index is 0.198. The molecule has 0 aromatic heterocycles. The van der Waals surface area contributed by atoms with Gasteiger partial charge in [-0.25, -0.2) is 0 Å². The van der Waals surface area contributed by atoms with Crippen molar-refractivity contribution in [1.29, 1.82) is 0 Å². The van der Waals surface area contributed by atoms with E-state index in [1.165, 1.54) is 44.9 Å².